The monoisotopic (exact) mass is 164 g/mol. The molecule has 0 atom stereocenters. The number of anilines is 1. The zero-order valence-corrected chi connectivity index (χ0v) is 7.00. The Balaban J connectivity index is 2.89. The molecule has 0 spiro atoms. The van der Waals surface area contributed by atoms with E-state index in [9.17, 15) is 4.79 Å². The molecule has 12 heavy (non-hydrogen) atoms. The minimum absolute atomic E-state index is 0.289. The van der Waals surface area contributed by atoms with Crippen LogP contribution >= 0.6 is 0 Å². The number of nitrogens with two attached hydrogens (primary N) is 1. The highest BCUT2D eigenvalue weighted by Crippen LogP contribution is 2.13. The van der Waals surface area contributed by atoms with Crippen molar-refractivity contribution < 1.29 is 4.79 Å². The number of para-hydroxylation sites is 1. The maximum atomic E-state index is 10.6. The molecule has 0 saturated carbocycles. The van der Waals surface area contributed by atoms with Crippen molar-refractivity contribution in [3.05, 3.63) is 29.8 Å². The molecular formula is C9H12N2O. The molecule has 1 rings (SSSR count). The summed E-state index contributed by atoms with van der Waals surface area (Å²) in [6.07, 6.45) is 0.289. The Labute approximate surface area is 71.6 Å². The summed E-state index contributed by atoms with van der Waals surface area (Å²) in [6, 6.07) is 7.60. The molecule has 0 fully saturated rings. The summed E-state index contributed by atoms with van der Waals surface area (Å²) in [5, 5.41) is 2.99. The number of amides is 1. The molecule has 0 heterocycles. The second kappa shape index (κ2) is 3.76. The Kier molecular flexibility index (Phi) is 2.69. The molecule has 64 valence electrons. The Hall–Kier alpha value is -1.51. The fourth-order valence-corrected chi connectivity index (χ4v) is 1.11. The lowest BCUT2D eigenvalue weighted by molar-refractivity contribution is -0.117. The van der Waals surface area contributed by atoms with Gasteiger partial charge >= 0.3 is 0 Å². The smallest absolute Gasteiger partial charge is 0.221 e. The minimum Gasteiger partial charge on any atom is -0.388 e. The van der Waals surface area contributed by atoms with Crippen molar-refractivity contribution in [2.75, 3.05) is 12.4 Å². The third kappa shape index (κ3) is 1.99. The summed E-state index contributed by atoms with van der Waals surface area (Å²) in [4.78, 5) is 10.6. The van der Waals surface area contributed by atoms with Gasteiger partial charge in [-0.05, 0) is 11.6 Å². The number of rotatable bonds is 3. The molecule has 0 bridgehead atoms. The van der Waals surface area contributed by atoms with Gasteiger partial charge in [0, 0.05) is 12.7 Å². The van der Waals surface area contributed by atoms with Gasteiger partial charge < -0.3 is 11.1 Å². The first-order chi connectivity index (χ1) is 5.74. The molecule has 1 aromatic rings. The molecule has 0 radical (unpaired) electrons. The van der Waals surface area contributed by atoms with E-state index in [1.807, 2.05) is 31.3 Å². The van der Waals surface area contributed by atoms with Crippen LogP contribution < -0.4 is 11.1 Å². The lowest BCUT2D eigenvalue weighted by atomic mass is 10.1. The van der Waals surface area contributed by atoms with Crippen molar-refractivity contribution in [1.29, 1.82) is 0 Å². The van der Waals surface area contributed by atoms with Gasteiger partial charge in [0.1, 0.15) is 0 Å². The van der Waals surface area contributed by atoms with Crippen molar-refractivity contribution in [1.82, 2.24) is 0 Å². The lowest BCUT2D eigenvalue weighted by Gasteiger charge is -2.05. The highest BCUT2D eigenvalue weighted by atomic mass is 16.1. The van der Waals surface area contributed by atoms with E-state index in [0.29, 0.717) is 0 Å². The largest absolute Gasteiger partial charge is 0.388 e. The van der Waals surface area contributed by atoms with Crippen LogP contribution in [0.25, 0.3) is 0 Å². The first-order valence-electron chi connectivity index (χ1n) is 3.78. The quantitative estimate of drug-likeness (QED) is 0.692. The molecule has 0 saturated heterocycles. The lowest BCUT2D eigenvalue weighted by Crippen LogP contribution is -2.14. The maximum Gasteiger partial charge on any atom is 0.221 e. The van der Waals surface area contributed by atoms with Gasteiger partial charge in [-0.15, -0.1) is 0 Å². The number of hydrogen-bond donors (Lipinski definition) is 2. The molecule has 3 heteroatoms. The summed E-state index contributed by atoms with van der Waals surface area (Å²) in [5.41, 5.74) is 6.97. The average molecular weight is 164 g/mol. The molecule has 0 aromatic heterocycles. The zero-order valence-electron chi connectivity index (χ0n) is 7.00. The number of primary amides is 1. The maximum absolute atomic E-state index is 10.6. The van der Waals surface area contributed by atoms with Crippen LogP contribution in [0.5, 0.6) is 0 Å². The van der Waals surface area contributed by atoms with E-state index < -0.39 is 0 Å². The summed E-state index contributed by atoms with van der Waals surface area (Å²) in [5.74, 6) is -0.308. The van der Waals surface area contributed by atoms with Crippen molar-refractivity contribution >= 4 is 11.6 Å². The van der Waals surface area contributed by atoms with Gasteiger partial charge in [0.15, 0.2) is 0 Å². The van der Waals surface area contributed by atoms with Crippen LogP contribution in [-0.4, -0.2) is 13.0 Å². The average Bonchev–Trinajstić information content (AvgIpc) is 2.04. The number of carbonyl (C=O) groups is 1. The van der Waals surface area contributed by atoms with Crippen LogP contribution in [0.3, 0.4) is 0 Å². The molecule has 1 aromatic carbocycles. The van der Waals surface area contributed by atoms with Gasteiger partial charge in [-0.25, -0.2) is 0 Å². The van der Waals surface area contributed by atoms with Crippen LogP contribution in [0.15, 0.2) is 24.3 Å². The molecular weight excluding hydrogens is 152 g/mol. The fraction of sp³-hybridized carbons (Fsp3) is 0.222. The summed E-state index contributed by atoms with van der Waals surface area (Å²) >= 11 is 0. The molecule has 3 nitrogen and oxygen atoms in total. The number of carbonyl (C=O) groups excluding carboxylic acids is 1. The number of benzene rings is 1. The molecule has 0 aliphatic carbocycles. The summed E-state index contributed by atoms with van der Waals surface area (Å²) < 4.78 is 0. The highest BCUT2D eigenvalue weighted by molar-refractivity contribution is 5.78. The van der Waals surface area contributed by atoms with Gasteiger partial charge in [-0.3, -0.25) is 4.79 Å². The Bertz CT molecular complexity index is 284. The van der Waals surface area contributed by atoms with Crippen molar-refractivity contribution in [3.8, 4) is 0 Å². The van der Waals surface area contributed by atoms with Crippen molar-refractivity contribution in [3.63, 3.8) is 0 Å². The highest BCUT2D eigenvalue weighted by Gasteiger charge is 2.01. The predicted molar refractivity (Wildman–Crippen MR) is 48.9 cm³/mol. The first kappa shape index (κ1) is 8.59. The predicted octanol–water partition coefficient (Wildman–Crippen LogP) is 0.756. The van der Waals surface area contributed by atoms with Gasteiger partial charge in [0.2, 0.25) is 5.91 Å². The molecule has 0 aliphatic rings. The van der Waals surface area contributed by atoms with Crippen molar-refractivity contribution in [2.24, 2.45) is 5.73 Å². The fourth-order valence-electron chi connectivity index (χ4n) is 1.11. The standard InChI is InChI=1S/C9H12N2O/c1-11-8-5-3-2-4-7(8)6-9(10)12/h2-5,11H,6H2,1H3,(H2,10,12). The van der Waals surface area contributed by atoms with E-state index in [4.69, 9.17) is 5.73 Å². The molecule has 3 N–H and O–H groups in total. The van der Waals surface area contributed by atoms with E-state index in [2.05, 4.69) is 5.32 Å². The van der Waals surface area contributed by atoms with E-state index in [1.54, 1.807) is 0 Å². The Morgan fingerprint density at radius 2 is 2.17 bits per heavy atom. The number of hydrogen-bond acceptors (Lipinski definition) is 2. The van der Waals surface area contributed by atoms with Gasteiger partial charge in [0.25, 0.3) is 0 Å². The molecule has 0 unspecified atom stereocenters. The second-order valence-corrected chi connectivity index (χ2v) is 2.55. The third-order valence-electron chi connectivity index (χ3n) is 1.65. The van der Waals surface area contributed by atoms with Crippen LogP contribution in [-0.2, 0) is 11.2 Å². The van der Waals surface area contributed by atoms with Gasteiger partial charge in [0.05, 0.1) is 6.42 Å². The van der Waals surface area contributed by atoms with Gasteiger partial charge in [-0.2, -0.15) is 0 Å². The van der Waals surface area contributed by atoms with Crippen LogP contribution in [0.2, 0.25) is 0 Å². The van der Waals surface area contributed by atoms with E-state index in [1.165, 1.54) is 0 Å². The summed E-state index contributed by atoms with van der Waals surface area (Å²) in [6.45, 7) is 0. The topological polar surface area (TPSA) is 55.1 Å². The SMILES string of the molecule is CNc1ccccc1CC(N)=O. The Morgan fingerprint density at radius 1 is 1.50 bits per heavy atom. The van der Waals surface area contributed by atoms with E-state index in [0.717, 1.165) is 11.3 Å². The van der Waals surface area contributed by atoms with E-state index >= 15 is 0 Å². The third-order valence-corrected chi connectivity index (χ3v) is 1.65. The Morgan fingerprint density at radius 3 is 2.75 bits per heavy atom. The summed E-state index contributed by atoms with van der Waals surface area (Å²) in [7, 11) is 1.82. The normalized spacial score (nSPS) is 9.42. The van der Waals surface area contributed by atoms with Crippen LogP contribution in [0, 0.1) is 0 Å². The van der Waals surface area contributed by atoms with E-state index in [-0.39, 0.29) is 12.3 Å². The first-order valence-corrected chi connectivity index (χ1v) is 3.78. The zero-order chi connectivity index (χ0) is 8.97. The molecule has 0 aliphatic heterocycles. The van der Waals surface area contributed by atoms with Crippen LogP contribution in [0.4, 0.5) is 5.69 Å². The number of nitrogens with one attached hydrogen (secondary N) is 1. The molecule has 1 amide bonds. The van der Waals surface area contributed by atoms with Gasteiger partial charge in [-0.1, -0.05) is 18.2 Å². The van der Waals surface area contributed by atoms with Crippen LogP contribution in [0.1, 0.15) is 5.56 Å². The minimum atomic E-state index is -0.308. The second-order valence-electron chi connectivity index (χ2n) is 2.55. The van der Waals surface area contributed by atoms with Crippen molar-refractivity contribution in [2.45, 2.75) is 6.42 Å².